The third-order valence-corrected chi connectivity index (χ3v) is 3.37. The topological polar surface area (TPSA) is 67.6 Å². The van der Waals surface area contributed by atoms with Crippen LogP contribution in [-0.2, 0) is 11.2 Å². The maximum atomic E-state index is 12.2. The summed E-state index contributed by atoms with van der Waals surface area (Å²) in [6.45, 7) is 0. The summed E-state index contributed by atoms with van der Waals surface area (Å²) in [7, 11) is 1.44. The molecule has 0 N–H and O–H groups in total. The lowest BCUT2D eigenvalue weighted by molar-refractivity contribution is -0.127. The number of fused-ring (bicyclic) bond motifs is 1. The van der Waals surface area contributed by atoms with Crippen molar-refractivity contribution in [3.8, 4) is 0 Å². The molecule has 0 saturated heterocycles. The lowest BCUT2D eigenvalue weighted by atomic mass is 9.95. The first-order valence-electron chi connectivity index (χ1n) is 6.10. The predicted molar refractivity (Wildman–Crippen MR) is 69.4 cm³/mol. The van der Waals surface area contributed by atoms with Crippen LogP contribution in [0.5, 0.6) is 0 Å². The van der Waals surface area contributed by atoms with Gasteiger partial charge in [0.15, 0.2) is 5.76 Å². The van der Waals surface area contributed by atoms with Gasteiger partial charge in [0.25, 0.3) is 5.91 Å². The number of ketones is 1. The monoisotopic (exact) mass is 269 g/mol. The second-order valence-electron chi connectivity index (χ2n) is 4.61. The van der Waals surface area contributed by atoms with Gasteiger partial charge in [0.05, 0.1) is 12.7 Å². The largest absolute Gasteiger partial charge is 0.461 e. The summed E-state index contributed by atoms with van der Waals surface area (Å²) in [4.78, 5) is 36.9. The summed E-state index contributed by atoms with van der Waals surface area (Å²) in [5.74, 6) is -0.694. The number of amides is 2. The number of rotatable bonds is 2. The molecule has 1 aliphatic rings. The molecule has 0 saturated carbocycles. The van der Waals surface area contributed by atoms with Crippen molar-refractivity contribution in [1.82, 2.24) is 4.90 Å². The Hall–Kier alpha value is -2.69. The SMILES string of the molecule is CN1C(=O)Cc2ccc(C(=O)c3ccco3)cc2C1=O. The molecule has 0 unspecified atom stereocenters. The Labute approximate surface area is 114 Å². The maximum absolute atomic E-state index is 12.2. The van der Waals surface area contributed by atoms with Crippen LogP contribution in [0.25, 0.3) is 0 Å². The molecule has 2 heterocycles. The van der Waals surface area contributed by atoms with Crippen LogP contribution in [0.4, 0.5) is 0 Å². The fourth-order valence-corrected chi connectivity index (χ4v) is 2.20. The Morgan fingerprint density at radius 1 is 1.25 bits per heavy atom. The van der Waals surface area contributed by atoms with Crippen LogP contribution in [0, 0.1) is 0 Å². The first-order valence-corrected chi connectivity index (χ1v) is 6.10. The molecule has 1 aromatic heterocycles. The van der Waals surface area contributed by atoms with Crippen molar-refractivity contribution >= 4 is 17.6 Å². The Balaban J connectivity index is 2.04. The predicted octanol–water partition coefficient (Wildman–Crippen LogP) is 1.67. The van der Waals surface area contributed by atoms with Gasteiger partial charge in [0.2, 0.25) is 11.7 Å². The molecule has 0 fully saturated rings. The van der Waals surface area contributed by atoms with Crippen LogP contribution >= 0.6 is 0 Å². The molecule has 0 bridgehead atoms. The van der Waals surface area contributed by atoms with Gasteiger partial charge in [0.1, 0.15) is 0 Å². The molecule has 2 aromatic rings. The van der Waals surface area contributed by atoms with Crippen LogP contribution in [0.1, 0.15) is 32.0 Å². The number of furan rings is 1. The van der Waals surface area contributed by atoms with E-state index in [2.05, 4.69) is 0 Å². The van der Waals surface area contributed by atoms with E-state index in [9.17, 15) is 14.4 Å². The highest BCUT2D eigenvalue weighted by Crippen LogP contribution is 2.22. The van der Waals surface area contributed by atoms with Crippen molar-refractivity contribution in [3.63, 3.8) is 0 Å². The molecule has 20 heavy (non-hydrogen) atoms. The van der Waals surface area contributed by atoms with E-state index >= 15 is 0 Å². The van der Waals surface area contributed by atoms with Gasteiger partial charge in [0, 0.05) is 18.2 Å². The summed E-state index contributed by atoms with van der Waals surface area (Å²) < 4.78 is 5.06. The number of carbonyl (C=O) groups excluding carboxylic acids is 3. The van der Waals surface area contributed by atoms with Crippen LogP contribution in [0.15, 0.2) is 41.0 Å². The van der Waals surface area contributed by atoms with Gasteiger partial charge in [-0.25, -0.2) is 0 Å². The summed E-state index contributed by atoms with van der Waals surface area (Å²) >= 11 is 0. The number of hydrogen-bond donors (Lipinski definition) is 0. The van der Waals surface area contributed by atoms with E-state index < -0.39 is 0 Å². The van der Waals surface area contributed by atoms with Gasteiger partial charge >= 0.3 is 0 Å². The minimum absolute atomic E-state index is 0.173. The Morgan fingerprint density at radius 3 is 2.75 bits per heavy atom. The third-order valence-electron chi connectivity index (χ3n) is 3.37. The van der Waals surface area contributed by atoms with Gasteiger partial charge in [-0.3, -0.25) is 19.3 Å². The van der Waals surface area contributed by atoms with Crippen LogP contribution in [-0.4, -0.2) is 29.5 Å². The zero-order valence-corrected chi connectivity index (χ0v) is 10.8. The Kier molecular flexibility index (Phi) is 2.75. The van der Waals surface area contributed by atoms with E-state index in [1.54, 1.807) is 24.3 Å². The Morgan fingerprint density at radius 2 is 2.05 bits per heavy atom. The molecule has 0 spiro atoms. The van der Waals surface area contributed by atoms with Gasteiger partial charge in [-0.05, 0) is 23.8 Å². The molecule has 5 nitrogen and oxygen atoms in total. The van der Waals surface area contributed by atoms with Crippen LogP contribution < -0.4 is 0 Å². The van der Waals surface area contributed by atoms with E-state index in [1.807, 2.05) is 0 Å². The molecule has 1 aromatic carbocycles. The summed E-state index contributed by atoms with van der Waals surface area (Å²) in [5.41, 5.74) is 1.41. The summed E-state index contributed by atoms with van der Waals surface area (Å²) in [6.07, 6.45) is 1.59. The average Bonchev–Trinajstić information content (AvgIpc) is 2.98. The van der Waals surface area contributed by atoms with Crippen molar-refractivity contribution in [2.45, 2.75) is 6.42 Å². The fourth-order valence-electron chi connectivity index (χ4n) is 2.20. The second-order valence-corrected chi connectivity index (χ2v) is 4.61. The molecule has 0 aliphatic carbocycles. The van der Waals surface area contributed by atoms with Gasteiger partial charge < -0.3 is 4.42 Å². The summed E-state index contributed by atoms with van der Waals surface area (Å²) in [6, 6.07) is 7.97. The lowest BCUT2D eigenvalue weighted by Crippen LogP contribution is -2.39. The number of imide groups is 1. The Bertz CT molecular complexity index is 715. The molecule has 100 valence electrons. The summed E-state index contributed by atoms with van der Waals surface area (Å²) in [5, 5.41) is 0. The molecule has 3 rings (SSSR count). The van der Waals surface area contributed by atoms with E-state index in [-0.39, 0.29) is 29.8 Å². The maximum Gasteiger partial charge on any atom is 0.260 e. The van der Waals surface area contributed by atoms with Crippen molar-refractivity contribution in [1.29, 1.82) is 0 Å². The number of benzene rings is 1. The normalized spacial score (nSPS) is 14.3. The quantitative estimate of drug-likeness (QED) is 0.614. The number of nitrogens with zero attached hydrogens (tertiary/aromatic N) is 1. The molecule has 5 heteroatoms. The number of carbonyl (C=O) groups is 3. The minimum Gasteiger partial charge on any atom is -0.461 e. The molecule has 0 radical (unpaired) electrons. The fraction of sp³-hybridized carbons (Fsp3) is 0.133. The first-order chi connectivity index (χ1) is 9.58. The first kappa shape index (κ1) is 12.3. The van der Waals surface area contributed by atoms with E-state index in [1.165, 1.54) is 19.4 Å². The zero-order chi connectivity index (χ0) is 14.3. The lowest BCUT2D eigenvalue weighted by Gasteiger charge is -2.23. The van der Waals surface area contributed by atoms with Gasteiger partial charge in [-0.15, -0.1) is 0 Å². The smallest absolute Gasteiger partial charge is 0.260 e. The van der Waals surface area contributed by atoms with E-state index in [4.69, 9.17) is 4.42 Å². The average molecular weight is 269 g/mol. The van der Waals surface area contributed by atoms with Gasteiger partial charge in [-0.1, -0.05) is 12.1 Å². The highest BCUT2D eigenvalue weighted by molar-refractivity contribution is 6.12. The third kappa shape index (κ3) is 1.84. The number of hydrogen-bond acceptors (Lipinski definition) is 4. The zero-order valence-electron chi connectivity index (χ0n) is 10.8. The van der Waals surface area contributed by atoms with E-state index in [0.29, 0.717) is 16.7 Å². The van der Waals surface area contributed by atoms with Crippen molar-refractivity contribution in [2.75, 3.05) is 7.05 Å². The molecular formula is C15H11NO4. The van der Waals surface area contributed by atoms with Crippen LogP contribution in [0.2, 0.25) is 0 Å². The van der Waals surface area contributed by atoms with Gasteiger partial charge in [-0.2, -0.15) is 0 Å². The second kappa shape index (κ2) is 4.45. The molecular weight excluding hydrogens is 258 g/mol. The molecule has 0 atom stereocenters. The van der Waals surface area contributed by atoms with Crippen molar-refractivity contribution < 1.29 is 18.8 Å². The standard InChI is InChI=1S/C15H11NO4/c1-16-13(17)8-9-4-5-10(7-11(9)15(16)19)14(18)12-3-2-6-20-12/h2-7H,8H2,1H3. The minimum atomic E-state index is -0.384. The highest BCUT2D eigenvalue weighted by atomic mass is 16.3. The van der Waals surface area contributed by atoms with Crippen molar-refractivity contribution in [2.24, 2.45) is 0 Å². The highest BCUT2D eigenvalue weighted by Gasteiger charge is 2.28. The molecule has 2 amide bonds. The van der Waals surface area contributed by atoms with Crippen LogP contribution in [0.3, 0.4) is 0 Å². The molecule has 1 aliphatic heterocycles. The van der Waals surface area contributed by atoms with E-state index in [0.717, 1.165) is 4.90 Å². The number of likely N-dealkylation sites (N-methyl/N-ethyl adjacent to an activating group) is 1. The van der Waals surface area contributed by atoms with Crippen molar-refractivity contribution in [3.05, 3.63) is 59.0 Å².